The quantitative estimate of drug-likeness (QED) is 0.318. The third-order valence-corrected chi connectivity index (χ3v) is 6.89. The molecule has 216 valence electrons. The van der Waals surface area contributed by atoms with E-state index in [-0.39, 0.29) is 12.1 Å². The molecule has 1 fully saturated rings. The number of aromatic amines is 1. The molecule has 1 aliphatic rings. The van der Waals surface area contributed by atoms with Gasteiger partial charge in [0.05, 0.1) is 29.0 Å². The number of anilines is 2. The largest absolute Gasteiger partial charge is 0.444 e. The Balaban J connectivity index is 1.27. The lowest BCUT2D eigenvalue weighted by molar-refractivity contribution is 0.0110. The zero-order valence-electron chi connectivity index (χ0n) is 23.9. The summed E-state index contributed by atoms with van der Waals surface area (Å²) in [4.78, 5) is 37.1. The molecule has 5 rings (SSSR count). The minimum absolute atomic E-state index is 0.113. The van der Waals surface area contributed by atoms with Crippen molar-refractivity contribution < 1.29 is 18.7 Å². The van der Waals surface area contributed by atoms with Crippen molar-refractivity contribution in [1.82, 2.24) is 34.7 Å². The number of pyridine rings is 1. The van der Waals surface area contributed by atoms with E-state index in [0.29, 0.717) is 59.4 Å². The number of nitrogens with zero attached hydrogens (tertiary/aromatic N) is 6. The van der Waals surface area contributed by atoms with Gasteiger partial charge in [0.1, 0.15) is 23.6 Å². The van der Waals surface area contributed by atoms with Crippen molar-refractivity contribution >= 4 is 28.9 Å². The van der Waals surface area contributed by atoms with Crippen molar-refractivity contribution in [2.24, 2.45) is 0 Å². The van der Waals surface area contributed by atoms with Crippen LogP contribution in [0.5, 0.6) is 0 Å². The van der Waals surface area contributed by atoms with E-state index in [2.05, 4.69) is 42.1 Å². The van der Waals surface area contributed by atoms with Crippen molar-refractivity contribution in [3.63, 3.8) is 0 Å². The van der Waals surface area contributed by atoms with Crippen LogP contribution in [0.25, 0.3) is 22.3 Å². The number of methoxy groups -OCH3 is 1. The number of rotatable bonds is 7. The molecule has 1 unspecified atom stereocenters. The first-order valence-corrected chi connectivity index (χ1v) is 13.5. The van der Waals surface area contributed by atoms with E-state index in [9.17, 15) is 4.79 Å². The molecule has 0 radical (unpaired) electrons. The zero-order valence-corrected chi connectivity index (χ0v) is 23.9. The highest BCUT2D eigenvalue weighted by atomic mass is 19.1. The average Bonchev–Trinajstić information content (AvgIpc) is 3.32. The maximum atomic E-state index is 15.0. The number of halogens is 1. The maximum absolute atomic E-state index is 15.0. The topological polar surface area (TPSA) is 121 Å². The molecule has 2 N–H and O–H groups in total. The lowest BCUT2D eigenvalue weighted by Gasteiger charge is -2.38. The van der Waals surface area contributed by atoms with Crippen LogP contribution in [0, 0.1) is 5.82 Å². The van der Waals surface area contributed by atoms with E-state index in [4.69, 9.17) is 9.47 Å². The average molecular weight is 563 g/mol. The number of carbonyl (C=O) groups excluding carboxylic acids is 1. The van der Waals surface area contributed by atoms with Crippen LogP contribution in [-0.4, -0.2) is 79.7 Å². The van der Waals surface area contributed by atoms with Gasteiger partial charge in [-0.25, -0.2) is 29.1 Å². The number of imidazole rings is 1. The summed E-state index contributed by atoms with van der Waals surface area (Å²) in [5.74, 6) is 0.638. The smallest absolute Gasteiger partial charge is 0.410 e. The summed E-state index contributed by atoms with van der Waals surface area (Å²) in [5, 5.41) is 3.21. The molecule has 3 aromatic heterocycles. The Labute approximate surface area is 238 Å². The monoisotopic (exact) mass is 562 g/mol. The fraction of sp³-hybridized carbons (Fsp3) is 0.414. The van der Waals surface area contributed by atoms with Gasteiger partial charge in [0.2, 0.25) is 5.95 Å². The Morgan fingerprint density at radius 2 is 1.90 bits per heavy atom. The van der Waals surface area contributed by atoms with Gasteiger partial charge in [-0.15, -0.1) is 0 Å². The number of hydrogen-bond donors (Lipinski definition) is 2. The summed E-state index contributed by atoms with van der Waals surface area (Å²) in [6.45, 7) is 10.8. The zero-order chi connectivity index (χ0) is 29.1. The summed E-state index contributed by atoms with van der Waals surface area (Å²) in [6, 6.07) is 8.84. The van der Waals surface area contributed by atoms with Crippen LogP contribution in [0.4, 0.5) is 21.0 Å². The second kappa shape index (κ2) is 11.8. The Hall–Kier alpha value is -4.16. The number of carbonyl (C=O) groups is 1. The molecule has 4 heterocycles. The SMILES string of the molecule is COCc1cc(-c2cc3nc(Nc4cc(C(C)N5CCN(C(=O)OC(C)(C)C)CC5)ccn4)[nH]c3cc2F)ncn1. The minimum atomic E-state index is -0.511. The van der Waals surface area contributed by atoms with E-state index < -0.39 is 11.4 Å². The van der Waals surface area contributed by atoms with Gasteiger partial charge in [0, 0.05) is 57.2 Å². The van der Waals surface area contributed by atoms with E-state index in [0.717, 1.165) is 18.7 Å². The highest BCUT2D eigenvalue weighted by Gasteiger charge is 2.28. The third-order valence-electron chi connectivity index (χ3n) is 6.89. The number of H-pyrrole nitrogens is 1. The van der Waals surface area contributed by atoms with Gasteiger partial charge < -0.3 is 24.7 Å². The van der Waals surface area contributed by atoms with E-state index >= 15 is 4.39 Å². The Kier molecular flexibility index (Phi) is 8.13. The van der Waals surface area contributed by atoms with E-state index in [1.54, 1.807) is 30.3 Å². The van der Waals surface area contributed by atoms with Crippen LogP contribution in [0.15, 0.2) is 42.9 Å². The van der Waals surface area contributed by atoms with Crippen molar-refractivity contribution in [1.29, 1.82) is 0 Å². The second-order valence-electron chi connectivity index (χ2n) is 11.0. The molecule has 41 heavy (non-hydrogen) atoms. The van der Waals surface area contributed by atoms with Gasteiger partial charge in [-0.1, -0.05) is 0 Å². The number of aromatic nitrogens is 5. The highest BCUT2D eigenvalue weighted by molar-refractivity contribution is 5.83. The number of piperazine rings is 1. The van der Waals surface area contributed by atoms with Gasteiger partial charge in [-0.05, 0) is 57.5 Å². The fourth-order valence-electron chi connectivity index (χ4n) is 4.78. The third kappa shape index (κ3) is 6.77. The Morgan fingerprint density at radius 3 is 2.63 bits per heavy atom. The molecule has 1 aliphatic heterocycles. The molecule has 11 nitrogen and oxygen atoms in total. The summed E-state index contributed by atoms with van der Waals surface area (Å²) < 4.78 is 25.7. The predicted molar refractivity (Wildman–Crippen MR) is 153 cm³/mol. The van der Waals surface area contributed by atoms with Crippen molar-refractivity contribution in [3.05, 3.63) is 59.9 Å². The predicted octanol–water partition coefficient (Wildman–Crippen LogP) is 5.06. The number of amides is 1. The Bertz CT molecular complexity index is 1530. The van der Waals surface area contributed by atoms with Crippen molar-refractivity contribution in [2.75, 3.05) is 38.6 Å². The van der Waals surface area contributed by atoms with Crippen molar-refractivity contribution in [2.45, 2.75) is 45.9 Å². The normalized spacial score (nSPS) is 15.2. The molecular weight excluding hydrogens is 527 g/mol. The molecule has 4 aromatic rings. The van der Waals surface area contributed by atoms with Gasteiger partial charge in [0.15, 0.2) is 0 Å². The molecule has 1 atom stereocenters. The first-order chi connectivity index (χ1) is 19.6. The van der Waals surface area contributed by atoms with Gasteiger partial charge >= 0.3 is 6.09 Å². The standard InChI is InChI=1S/C29H35FN8O3/c1-18(37-8-10-38(11-9-37)28(39)41-29(2,3)4)19-6-7-31-26(12-19)36-27-34-24-14-21(22(30)15-25(24)35-27)23-13-20(16-40-5)32-17-33-23/h6-7,12-15,17-18H,8-11,16H2,1-5H3,(H2,31,34,35,36). The number of ether oxygens (including phenoxy) is 2. The first kappa shape index (κ1) is 28.4. The lowest BCUT2D eigenvalue weighted by atomic mass is 10.1. The molecular formula is C29H35FN8O3. The van der Waals surface area contributed by atoms with Gasteiger partial charge in [-0.2, -0.15) is 0 Å². The van der Waals surface area contributed by atoms with Crippen molar-refractivity contribution in [3.8, 4) is 11.3 Å². The molecule has 0 bridgehead atoms. The fourth-order valence-corrected chi connectivity index (χ4v) is 4.78. The van der Waals surface area contributed by atoms with Crippen LogP contribution in [0.2, 0.25) is 0 Å². The molecule has 12 heteroatoms. The van der Waals surface area contributed by atoms with Crippen LogP contribution >= 0.6 is 0 Å². The number of benzene rings is 1. The second-order valence-corrected chi connectivity index (χ2v) is 11.0. The molecule has 0 spiro atoms. The number of fused-ring (bicyclic) bond motifs is 1. The first-order valence-electron chi connectivity index (χ1n) is 13.5. The molecule has 0 saturated carbocycles. The summed E-state index contributed by atoms with van der Waals surface area (Å²) >= 11 is 0. The molecule has 1 aromatic carbocycles. The van der Waals surface area contributed by atoms with Crippen LogP contribution in [-0.2, 0) is 16.1 Å². The van der Waals surface area contributed by atoms with Crippen LogP contribution in [0.1, 0.15) is 45.0 Å². The van der Waals surface area contributed by atoms with E-state index in [1.807, 2.05) is 32.9 Å². The van der Waals surface area contributed by atoms with Gasteiger partial charge in [0.25, 0.3) is 0 Å². The number of nitrogens with one attached hydrogen (secondary N) is 2. The molecule has 1 saturated heterocycles. The maximum Gasteiger partial charge on any atom is 0.410 e. The van der Waals surface area contributed by atoms with Gasteiger partial charge in [-0.3, -0.25) is 4.90 Å². The minimum Gasteiger partial charge on any atom is -0.444 e. The van der Waals surface area contributed by atoms with Crippen LogP contribution in [0.3, 0.4) is 0 Å². The lowest BCUT2D eigenvalue weighted by Crippen LogP contribution is -2.50. The number of hydrogen-bond acceptors (Lipinski definition) is 9. The van der Waals surface area contributed by atoms with Crippen LogP contribution < -0.4 is 5.32 Å². The summed E-state index contributed by atoms with van der Waals surface area (Å²) in [6.07, 6.45) is 2.87. The molecule has 1 amide bonds. The highest BCUT2D eigenvalue weighted by Crippen LogP contribution is 2.28. The Morgan fingerprint density at radius 1 is 1.12 bits per heavy atom. The summed E-state index contributed by atoms with van der Waals surface area (Å²) in [5.41, 5.74) is 3.15. The molecule has 0 aliphatic carbocycles. The summed E-state index contributed by atoms with van der Waals surface area (Å²) in [7, 11) is 1.58. The van der Waals surface area contributed by atoms with E-state index in [1.165, 1.54) is 12.4 Å².